The number of benzene rings is 1. The maximum atomic E-state index is 11.7. The summed E-state index contributed by atoms with van der Waals surface area (Å²) < 4.78 is 0. The monoisotopic (exact) mass is 274 g/mol. The normalized spacial score (nSPS) is 19.4. The molecular weight excluding hydrogens is 252 g/mol. The number of rotatable bonds is 1. The second-order valence-corrected chi connectivity index (χ2v) is 15.2. The highest BCUT2D eigenvalue weighted by Gasteiger charge is 2.35. The summed E-state index contributed by atoms with van der Waals surface area (Å²) in [5.41, 5.74) is 6.99. The lowest BCUT2D eigenvalue weighted by Crippen LogP contribution is -2.61. The molecule has 0 N–H and O–H groups in total. The van der Waals surface area contributed by atoms with Crippen LogP contribution in [0.5, 0.6) is 0 Å². The van der Waals surface area contributed by atoms with Crippen LogP contribution in [0, 0.1) is 6.92 Å². The summed E-state index contributed by atoms with van der Waals surface area (Å²) in [7, 11) is -2.94. The molecule has 0 fully saturated rings. The Morgan fingerprint density at radius 3 is 1.83 bits per heavy atom. The van der Waals surface area contributed by atoms with Gasteiger partial charge in [0.1, 0.15) is 16.1 Å². The van der Waals surface area contributed by atoms with Crippen molar-refractivity contribution >= 4 is 32.3 Å². The van der Waals surface area contributed by atoms with Crippen LogP contribution in [0.25, 0.3) is 0 Å². The maximum Gasteiger partial charge on any atom is 0.160 e. The van der Waals surface area contributed by atoms with E-state index < -0.39 is 16.1 Å². The number of hydrogen-bond donors (Lipinski definition) is 0. The zero-order chi connectivity index (χ0) is 13.7. The molecule has 1 aliphatic rings. The largest absolute Gasteiger partial charge is 0.295 e. The standard InChI is InChI=1S/C15H22OSi2/c1-11-9-14-15(10-13(11)12(2)16)18(5,6)8-7-17(14,3)4/h7-10H,1-6H3. The second-order valence-electron chi connectivity index (χ2n) is 6.55. The van der Waals surface area contributed by atoms with Gasteiger partial charge in [0.15, 0.2) is 5.78 Å². The molecule has 0 bridgehead atoms. The van der Waals surface area contributed by atoms with Gasteiger partial charge in [-0.25, -0.2) is 0 Å². The Morgan fingerprint density at radius 1 is 0.944 bits per heavy atom. The van der Waals surface area contributed by atoms with Crippen LogP contribution in [0.4, 0.5) is 0 Å². The van der Waals surface area contributed by atoms with Crippen LogP contribution in [0.2, 0.25) is 26.2 Å². The summed E-state index contributed by atoms with van der Waals surface area (Å²) in [5, 5.41) is 3.03. The second kappa shape index (κ2) is 4.03. The van der Waals surface area contributed by atoms with Crippen molar-refractivity contribution in [3.05, 3.63) is 34.7 Å². The zero-order valence-electron chi connectivity index (χ0n) is 12.2. The number of fused-ring (bicyclic) bond motifs is 1. The van der Waals surface area contributed by atoms with E-state index in [1.807, 2.05) is 0 Å². The van der Waals surface area contributed by atoms with E-state index in [-0.39, 0.29) is 5.78 Å². The van der Waals surface area contributed by atoms with Crippen molar-refractivity contribution < 1.29 is 4.79 Å². The molecule has 0 saturated carbocycles. The van der Waals surface area contributed by atoms with Crippen molar-refractivity contribution in [2.24, 2.45) is 0 Å². The molecule has 96 valence electrons. The summed E-state index contributed by atoms with van der Waals surface area (Å²) in [6.07, 6.45) is 0. The Balaban J connectivity index is 2.77. The summed E-state index contributed by atoms with van der Waals surface area (Å²) >= 11 is 0. The Kier molecular flexibility index (Phi) is 3.02. The number of carbonyl (C=O) groups is 1. The lowest BCUT2D eigenvalue weighted by Gasteiger charge is -2.35. The lowest BCUT2D eigenvalue weighted by atomic mass is 10.1. The quantitative estimate of drug-likeness (QED) is 0.568. The van der Waals surface area contributed by atoms with Crippen molar-refractivity contribution in [1.82, 2.24) is 0 Å². The highest BCUT2D eigenvalue weighted by atomic mass is 28.3. The third-order valence-electron chi connectivity index (χ3n) is 4.05. The molecule has 0 radical (unpaired) electrons. The first-order valence-electron chi connectivity index (χ1n) is 6.52. The number of carbonyl (C=O) groups excluding carboxylic acids is 1. The molecule has 0 spiro atoms. The van der Waals surface area contributed by atoms with E-state index in [2.05, 4.69) is 56.6 Å². The van der Waals surface area contributed by atoms with Crippen molar-refractivity contribution in [2.75, 3.05) is 0 Å². The highest BCUT2D eigenvalue weighted by Crippen LogP contribution is 2.19. The molecule has 0 amide bonds. The summed E-state index contributed by atoms with van der Waals surface area (Å²) in [6.45, 7) is 13.2. The molecule has 0 saturated heterocycles. The number of ketones is 1. The molecule has 0 atom stereocenters. The highest BCUT2D eigenvalue weighted by molar-refractivity contribution is 7.07. The van der Waals surface area contributed by atoms with Crippen LogP contribution >= 0.6 is 0 Å². The van der Waals surface area contributed by atoms with Gasteiger partial charge in [-0.1, -0.05) is 60.1 Å². The molecule has 1 aliphatic heterocycles. The molecule has 0 aromatic heterocycles. The molecular formula is C15H22OSi2. The molecule has 0 aliphatic carbocycles. The summed E-state index contributed by atoms with van der Waals surface area (Å²) in [5.74, 6) is 0.189. The van der Waals surface area contributed by atoms with E-state index in [9.17, 15) is 4.79 Å². The SMILES string of the molecule is CC(=O)c1cc2c(cc1C)[Si](C)(C)C=C[Si]2(C)C. The fourth-order valence-electron chi connectivity index (χ4n) is 2.75. The van der Waals surface area contributed by atoms with Crippen molar-refractivity contribution in [3.8, 4) is 0 Å². The van der Waals surface area contributed by atoms with Crippen molar-refractivity contribution in [2.45, 2.75) is 40.0 Å². The van der Waals surface area contributed by atoms with Crippen molar-refractivity contribution in [1.29, 1.82) is 0 Å². The summed E-state index contributed by atoms with van der Waals surface area (Å²) in [6, 6.07) is 4.48. The molecule has 1 aromatic carbocycles. The average Bonchev–Trinajstić information content (AvgIpc) is 2.24. The fourth-order valence-corrected chi connectivity index (χ4v) is 11.0. The van der Waals surface area contributed by atoms with Crippen LogP contribution in [-0.4, -0.2) is 21.9 Å². The van der Waals surface area contributed by atoms with E-state index in [0.717, 1.165) is 11.1 Å². The van der Waals surface area contributed by atoms with Crippen LogP contribution in [-0.2, 0) is 0 Å². The van der Waals surface area contributed by atoms with Crippen molar-refractivity contribution in [3.63, 3.8) is 0 Å². The van der Waals surface area contributed by atoms with Gasteiger partial charge in [-0.15, -0.1) is 0 Å². The van der Waals surface area contributed by atoms with Crippen LogP contribution in [0.1, 0.15) is 22.8 Å². The first-order valence-corrected chi connectivity index (χ1v) is 12.7. The van der Waals surface area contributed by atoms with Crippen LogP contribution in [0.15, 0.2) is 23.5 Å². The Labute approximate surface area is 112 Å². The van der Waals surface area contributed by atoms with E-state index in [4.69, 9.17) is 0 Å². The van der Waals surface area contributed by atoms with Gasteiger partial charge < -0.3 is 0 Å². The number of aryl methyl sites for hydroxylation is 1. The first kappa shape index (κ1) is 13.5. The summed E-state index contributed by atoms with van der Waals surface area (Å²) in [4.78, 5) is 11.7. The first-order chi connectivity index (χ1) is 8.15. The van der Waals surface area contributed by atoms with Gasteiger partial charge in [0.2, 0.25) is 0 Å². The Morgan fingerprint density at radius 2 is 1.39 bits per heavy atom. The molecule has 1 aromatic rings. The fraction of sp³-hybridized carbons (Fsp3) is 0.400. The van der Waals surface area contributed by atoms with E-state index in [0.29, 0.717) is 0 Å². The average molecular weight is 275 g/mol. The minimum Gasteiger partial charge on any atom is -0.295 e. The third-order valence-corrected chi connectivity index (χ3v) is 10.2. The molecule has 1 nitrogen and oxygen atoms in total. The minimum atomic E-state index is -1.50. The van der Waals surface area contributed by atoms with Gasteiger partial charge in [-0.05, 0) is 19.4 Å². The number of hydrogen-bond acceptors (Lipinski definition) is 1. The van der Waals surface area contributed by atoms with E-state index >= 15 is 0 Å². The Hall–Kier alpha value is -0.936. The van der Waals surface area contributed by atoms with Gasteiger partial charge in [0, 0.05) is 5.56 Å². The molecule has 0 unspecified atom stereocenters. The van der Waals surface area contributed by atoms with Gasteiger partial charge in [-0.2, -0.15) is 0 Å². The lowest BCUT2D eigenvalue weighted by molar-refractivity contribution is 0.101. The molecule has 1 heterocycles. The smallest absolute Gasteiger partial charge is 0.160 e. The molecule has 18 heavy (non-hydrogen) atoms. The zero-order valence-corrected chi connectivity index (χ0v) is 14.2. The minimum absolute atomic E-state index is 0.189. The maximum absolute atomic E-state index is 11.7. The molecule has 2 rings (SSSR count). The van der Waals surface area contributed by atoms with E-state index in [1.54, 1.807) is 12.1 Å². The van der Waals surface area contributed by atoms with Gasteiger partial charge in [-0.3, -0.25) is 4.79 Å². The van der Waals surface area contributed by atoms with Gasteiger partial charge in [0.25, 0.3) is 0 Å². The Bertz CT molecular complexity index is 554. The molecule has 3 heteroatoms. The van der Waals surface area contributed by atoms with Crippen LogP contribution in [0.3, 0.4) is 0 Å². The van der Waals surface area contributed by atoms with Gasteiger partial charge >= 0.3 is 0 Å². The van der Waals surface area contributed by atoms with Crippen LogP contribution < -0.4 is 10.4 Å². The predicted molar refractivity (Wildman–Crippen MR) is 84.6 cm³/mol. The topological polar surface area (TPSA) is 17.1 Å². The van der Waals surface area contributed by atoms with E-state index in [1.165, 1.54) is 5.19 Å². The number of Topliss-reactive ketones (excluding diaryl/α,β-unsaturated/α-hetero) is 1. The predicted octanol–water partition coefficient (Wildman–Crippen LogP) is 2.68. The third kappa shape index (κ3) is 2.06. The van der Waals surface area contributed by atoms with Gasteiger partial charge in [0.05, 0.1) is 0 Å².